The molecule has 2 N–H and O–H groups in total. The smallest absolute Gasteiger partial charge is 0.246 e. The van der Waals surface area contributed by atoms with Crippen LogP contribution in [0.15, 0.2) is 84.0 Å². The molecular weight excluding hydrogens is 458 g/mol. The molecular formula is C27H27N5O2S. The molecule has 178 valence electrons. The number of hydrogen-bond donors (Lipinski definition) is 2. The maximum atomic E-state index is 12.9. The van der Waals surface area contributed by atoms with E-state index in [1.165, 1.54) is 11.8 Å². The third-order valence-electron chi connectivity index (χ3n) is 5.48. The van der Waals surface area contributed by atoms with Crippen molar-refractivity contribution in [3.05, 3.63) is 95.6 Å². The van der Waals surface area contributed by atoms with E-state index < -0.39 is 6.04 Å². The van der Waals surface area contributed by atoms with Gasteiger partial charge in [-0.1, -0.05) is 83.6 Å². The third kappa shape index (κ3) is 5.78. The van der Waals surface area contributed by atoms with Crippen molar-refractivity contribution in [1.29, 1.82) is 0 Å². The SMILES string of the molecule is CNC(=O)C(NC(=O)CSc1nnc(-c2cccc(C)c2)n1-c1ccc(C)cc1)c1ccccc1. The summed E-state index contributed by atoms with van der Waals surface area (Å²) in [7, 11) is 1.55. The summed E-state index contributed by atoms with van der Waals surface area (Å²) in [5.74, 6) is 0.230. The average molecular weight is 486 g/mol. The Morgan fingerprint density at radius 1 is 0.914 bits per heavy atom. The molecule has 0 aliphatic carbocycles. The van der Waals surface area contributed by atoms with Crippen LogP contribution in [-0.4, -0.2) is 39.4 Å². The molecule has 0 fully saturated rings. The zero-order chi connectivity index (χ0) is 24.8. The molecule has 35 heavy (non-hydrogen) atoms. The van der Waals surface area contributed by atoms with Gasteiger partial charge in [-0.3, -0.25) is 14.2 Å². The fourth-order valence-electron chi connectivity index (χ4n) is 3.68. The lowest BCUT2D eigenvalue weighted by molar-refractivity contribution is -0.127. The van der Waals surface area contributed by atoms with Gasteiger partial charge in [0.25, 0.3) is 0 Å². The van der Waals surface area contributed by atoms with E-state index in [0.29, 0.717) is 11.0 Å². The van der Waals surface area contributed by atoms with Crippen LogP contribution in [0.2, 0.25) is 0 Å². The Bertz CT molecular complexity index is 1320. The lowest BCUT2D eigenvalue weighted by atomic mass is 10.1. The van der Waals surface area contributed by atoms with E-state index in [1.807, 2.05) is 91.2 Å². The topological polar surface area (TPSA) is 88.9 Å². The molecule has 3 aromatic carbocycles. The quantitative estimate of drug-likeness (QED) is 0.364. The maximum Gasteiger partial charge on any atom is 0.246 e. The van der Waals surface area contributed by atoms with Crippen LogP contribution in [0.5, 0.6) is 0 Å². The number of amides is 2. The highest BCUT2D eigenvalue weighted by atomic mass is 32.2. The number of nitrogens with one attached hydrogen (secondary N) is 2. The Balaban J connectivity index is 1.58. The second-order valence-corrected chi connectivity index (χ2v) is 9.10. The van der Waals surface area contributed by atoms with Gasteiger partial charge < -0.3 is 10.6 Å². The predicted molar refractivity (Wildman–Crippen MR) is 138 cm³/mol. The zero-order valence-corrected chi connectivity index (χ0v) is 20.7. The number of nitrogens with zero attached hydrogens (tertiary/aromatic N) is 3. The molecule has 0 radical (unpaired) electrons. The molecule has 0 spiro atoms. The van der Waals surface area contributed by atoms with Crippen LogP contribution in [0.3, 0.4) is 0 Å². The minimum Gasteiger partial charge on any atom is -0.357 e. The van der Waals surface area contributed by atoms with E-state index in [2.05, 4.69) is 26.9 Å². The number of aryl methyl sites for hydroxylation is 2. The Kier molecular flexibility index (Phi) is 7.62. The molecule has 0 aliphatic heterocycles. The van der Waals surface area contributed by atoms with Crippen LogP contribution in [0.25, 0.3) is 17.1 Å². The first-order chi connectivity index (χ1) is 17.0. The largest absolute Gasteiger partial charge is 0.357 e. The summed E-state index contributed by atoms with van der Waals surface area (Å²) in [6.45, 7) is 4.07. The fraction of sp³-hybridized carbons (Fsp3) is 0.185. The minimum atomic E-state index is -0.771. The summed E-state index contributed by atoms with van der Waals surface area (Å²) >= 11 is 1.28. The molecule has 1 unspecified atom stereocenters. The first kappa shape index (κ1) is 24.2. The molecule has 0 saturated heterocycles. The normalized spacial score (nSPS) is 11.6. The van der Waals surface area contributed by atoms with Crippen LogP contribution in [0.1, 0.15) is 22.7 Å². The molecule has 4 aromatic rings. The maximum absolute atomic E-state index is 12.9. The Hall–Kier alpha value is -3.91. The molecule has 0 bridgehead atoms. The van der Waals surface area contributed by atoms with Crippen LogP contribution in [0, 0.1) is 13.8 Å². The van der Waals surface area contributed by atoms with Crippen LogP contribution in [-0.2, 0) is 9.59 Å². The monoisotopic (exact) mass is 485 g/mol. The van der Waals surface area contributed by atoms with Crippen molar-refractivity contribution in [1.82, 2.24) is 25.4 Å². The van der Waals surface area contributed by atoms with Gasteiger partial charge in [-0.25, -0.2) is 0 Å². The molecule has 0 aliphatic rings. The summed E-state index contributed by atoms with van der Waals surface area (Å²) in [4.78, 5) is 25.3. The van der Waals surface area contributed by atoms with Gasteiger partial charge >= 0.3 is 0 Å². The van der Waals surface area contributed by atoms with Gasteiger partial charge in [0.15, 0.2) is 11.0 Å². The first-order valence-corrected chi connectivity index (χ1v) is 12.2. The van der Waals surface area contributed by atoms with E-state index in [1.54, 1.807) is 7.05 Å². The minimum absolute atomic E-state index is 0.0815. The highest BCUT2D eigenvalue weighted by Crippen LogP contribution is 2.28. The lowest BCUT2D eigenvalue weighted by Gasteiger charge is -2.17. The summed E-state index contributed by atoms with van der Waals surface area (Å²) in [6.07, 6.45) is 0. The number of hydrogen-bond acceptors (Lipinski definition) is 5. The number of carbonyl (C=O) groups excluding carboxylic acids is 2. The molecule has 2 amide bonds. The van der Waals surface area contributed by atoms with Gasteiger partial charge in [0, 0.05) is 18.3 Å². The summed E-state index contributed by atoms with van der Waals surface area (Å²) in [6, 6.07) is 24.6. The van der Waals surface area contributed by atoms with Gasteiger partial charge in [0.2, 0.25) is 11.8 Å². The third-order valence-corrected chi connectivity index (χ3v) is 6.41. The second kappa shape index (κ2) is 11.0. The van der Waals surface area contributed by atoms with E-state index in [-0.39, 0.29) is 17.6 Å². The Labute approximate surface area is 209 Å². The van der Waals surface area contributed by atoms with Gasteiger partial charge in [-0.05, 0) is 37.6 Å². The highest BCUT2D eigenvalue weighted by molar-refractivity contribution is 7.99. The molecule has 4 rings (SSSR count). The van der Waals surface area contributed by atoms with Crippen LogP contribution >= 0.6 is 11.8 Å². The average Bonchev–Trinajstić information content (AvgIpc) is 3.30. The predicted octanol–water partition coefficient (Wildman–Crippen LogP) is 4.25. The van der Waals surface area contributed by atoms with Gasteiger partial charge in [-0.2, -0.15) is 0 Å². The molecule has 0 saturated carbocycles. The Morgan fingerprint density at radius 2 is 1.66 bits per heavy atom. The van der Waals surface area contributed by atoms with E-state index in [4.69, 9.17) is 0 Å². The summed E-state index contributed by atoms with van der Waals surface area (Å²) in [5.41, 5.74) is 4.84. The van der Waals surface area contributed by atoms with Crippen molar-refractivity contribution < 1.29 is 9.59 Å². The van der Waals surface area contributed by atoms with Crippen LogP contribution < -0.4 is 10.6 Å². The van der Waals surface area contributed by atoms with Crippen molar-refractivity contribution in [2.75, 3.05) is 12.8 Å². The number of carbonyl (C=O) groups is 2. The standard InChI is InChI=1S/C27H27N5O2S/c1-18-12-14-22(15-13-18)32-25(21-11-7-8-19(2)16-21)30-31-27(32)35-17-23(33)29-24(26(34)28-3)20-9-5-4-6-10-20/h4-16,24H,17H2,1-3H3,(H,28,34)(H,29,33). The molecule has 1 atom stereocenters. The first-order valence-electron chi connectivity index (χ1n) is 11.2. The number of likely N-dealkylation sites (N-methyl/N-ethyl adjacent to an activating group) is 1. The molecule has 1 aromatic heterocycles. The Morgan fingerprint density at radius 3 is 2.34 bits per heavy atom. The van der Waals surface area contributed by atoms with Crippen molar-refractivity contribution in [2.45, 2.75) is 25.0 Å². The lowest BCUT2D eigenvalue weighted by Crippen LogP contribution is -2.39. The number of thioether (sulfide) groups is 1. The van der Waals surface area contributed by atoms with Crippen molar-refractivity contribution >= 4 is 23.6 Å². The van der Waals surface area contributed by atoms with Crippen molar-refractivity contribution in [2.24, 2.45) is 0 Å². The molecule has 1 heterocycles. The van der Waals surface area contributed by atoms with Crippen molar-refractivity contribution in [3.8, 4) is 17.1 Å². The van der Waals surface area contributed by atoms with Crippen molar-refractivity contribution in [3.63, 3.8) is 0 Å². The van der Waals surface area contributed by atoms with E-state index in [0.717, 1.165) is 27.9 Å². The number of rotatable bonds is 8. The van der Waals surface area contributed by atoms with Gasteiger partial charge in [0.05, 0.1) is 5.75 Å². The molecule has 7 nitrogen and oxygen atoms in total. The van der Waals surface area contributed by atoms with Gasteiger partial charge in [-0.15, -0.1) is 10.2 Å². The number of aromatic nitrogens is 3. The molecule has 8 heteroatoms. The van der Waals surface area contributed by atoms with E-state index in [9.17, 15) is 9.59 Å². The summed E-state index contributed by atoms with van der Waals surface area (Å²) < 4.78 is 1.96. The van der Waals surface area contributed by atoms with Crippen LogP contribution in [0.4, 0.5) is 0 Å². The zero-order valence-electron chi connectivity index (χ0n) is 19.9. The van der Waals surface area contributed by atoms with Gasteiger partial charge in [0.1, 0.15) is 6.04 Å². The fourth-order valence-corrected chi connectivity index (χ4v) is 4.45. The number of benzene rings is 3. The second-order valence-electron chi connectivity index (χ2n) is 8.16. The highest BCUT2D eigenvalue weighted by Gasteiger charge is 2.23. The van der Waals surface area contributed by atoms with E-state index >= 15 is 0 Å². The summed E-state index contributed by atoms with van der Waals surface area (Å²) in [5, 5.41) is 14.9.